The van der Waals surface area contributed by atoms with Crippen molar-refractivity contribution in [2.45, 2.75) is 4.90 Å². The van der Waals surface area contributed by atoms with Crippen LogP contribution < -0.4 is 5.32 Å². The highest BCUT2D eigenvalue weighted by Crippen LogP contribution is 2.33. The largest absolute Gasteiger partial charge is 0.395 e. The van der Waals surface area contributed by atoms with Gasteiger partial charge in [-0.25, -0.2) is 8.42 Å². The fourth-order valence-electron chi connectivity index (χ4n) is 3.84. The van der Waals surface area contributed by atoms with Crippen LogP contribution in [0.25, 0.3) is 0 Å². The minimum absolute atomic E-state index is 0.00484. The highest BCUT2D eigenvalue weighted by molar-refractivity contribution is 7.89. The van der Waals surface area contributed by atoms with Gasteiger partial charge in [-0.1, -0.05) is 36.4 Å². The number of rotatable bonds is 8. The van der Waals surface area contributed by atoms with E-state index in [-0.39, 0.29) is 48.3 Å². The predicted octanol–water partition coefficient (Wildman–Crippen LogP) is 2.18. The summed E-state index contributed by atoms with van der Waals surface area (Å²) in [5, 5.41) is 21.4. The molecular weight excluding hydrogens is 444 g/mol. The number of carbonyl (C=O) groups excluding carboxylic acids is 2. The van der Waals surface area contributed by atoms with Gasteiger partial charge in [0.1, 0.15) is 0 Å². The fraction of sp³-hybridized carbons (Fsp3) is 0.167. The Morgan fingerprint density at radius 3 is 1.91 bits per heavy atom. The molecule has 9 heteroatoms. The molecule has 170 valence electrons. The van der Waals surface area contributed by atoms with Crippen LogP contribution in [0.5, 0.6) is 0 Å². The molecule has 0 aromatic heterocycles. The summed E-state index contributed by atoms with van der Waals surface area (Å²) < 4.78 is 26.5. The van der Waals surface area contributed by atoms with E-state index in [2.05, 4.69) is 5.32 Å². The van der Waals surface area contributed by atoms with Crippen molar-refractivity contribution in [2.75, 3.05) is 31.6 Å². The Bertz CT molecular complexity index is 1310. The molecule has 0 spiro atoms. The molecule has 0 saturated heterocycles. The van der Waals surface area contributed by atoms with Crippen LogP contribution in [0.2, 0.25) is 0 Å². The molecule has 8 nitrogen and oxygen atoms in total. The first-order chi connectivity index (χ1) is 15.9. The normalized spacial score (nSPS) is 13.1. The first kappa shape index (κ1) is 22.8. The number of benzene rings is 3. The number of fused-ring (bicyclic) bond motifs is 2. The third kappa shape index (κ3) is 4.19. The average molecular weight is 467 g/mol. The molecule has 0 heterocycles. The number of nitrogens with zero attached hydrogens (tertiary/aromatic N) is 1. The zero-order valence-electron chi connectivity index (χ0n) is 17.6. The molecule has 0 saturated carbocycles. The summed E-state index contributed by atoms with van der Waals surface area (Å²) in [5.41, 5.74) is 2.27. The van der Waals surface area contributed by atoms with E-state index in [1.165, 1.54) is 12.1 Å². The molecule has 0 fully saturated rings. The number of anilines is 2. The van der Waals surface area contributed by atoms with Gasteiger partial charge in [-0.15, -0.1) is 0 Å². The van der Waals surface area contributed by atoms with Crippen molar-refractivity contribution < 1.29 is 28.2 Å². The second kappa shape index (κ2) is 9.24. The van der Waals surface area contributed by atoms with Gasteiger partial charge in [0.05, 0.1) is 29.4 Å². The quantitative estimate of drug-likeness (QED) is 0.364. The van der Waals surface area contributed by atoms with E-state index in [1.807, 2.05) is 0 Å². The lowest BCUT2D eigenvalue weighted by molar-refractivity contribution is 0.0979. The number of hydrogen-bond donors (Lipinski definition) is 3. The van der Waals surface area contributed by atoms with Crippen LogP contribution in [-0.2, 0) is 10.0 Å². The summed E-state index contributed by atoms with van der Waals surface area (Å²) in [6, 6.07) is 17.6. The second-order valence-electron chi connectivity index (χ2n) is 7.43. The van der Waals surface area contributed by atoms with Crippen molar-refractivity contribution >= 4 is 33.0 Å². The van der Waals surface area contributed by atoms with Gasteiger partial charge >= 0.3 is 0 Å². The molecule has 1 aliphatic carbocycles. The molecule has 0 amide bonds. The number of aliphatic hydroxyl groups is 2. The molecule has 0 atom stereocenters. The van der Waals surface area contributed by atoms with Crippen LogP contribution in [0.15, 0.2) is 71.6 Å². The third-order valence-corrected chi connectivity index (χ3v) is 7.34. The second-order valence-corrected chi connectivity index (χ2v) is 9.37. The summed E-state index contributed by atoms with van der Waals surface area (Å²) in [7, 11) is -3.89. The highest BCUT2D eigenvalue weighted by Gasteiger charge is 2.31. The maximum absolute atomic E-state index is 13.1. The summed E-state index contributed by atoms with van der Waals surface area (Å²) >= 11 is 0. The van der Waals surface area contributed by atoms with Crippen molar-refractivity contribution in [3.63, 3.8) is 0 Å². The Labute approximate surface area is 191 Å². The van der Waals surface area contributed by atoms with Gasteiger partial charge < -0.3 is 15.5 Å². The molecule has 3 aromatic carbocycles. The van der Waals surface area contributed by atoms with E-state index in [0.29, 0.717) is 28.1 Å². The topological polar surface area (TPSA) is 124 Å². The van der Waals surface area contributed by atoms with Crippen molar-refractivity contribution in [3.05, 3.63) is 89.0 Å². The van der Waals surface area contributed by atoms with Crippen molar-refractivity contribution in [3.8, 4) is 0 Å². The minimum Gasteiger partial charge on any atom is -0.395 e. The van der Waals surface area contributed by atoms with Crippen LogP contribution in [0.4, 0.5) is 11.4 Å². The van der Waals surface area contributed by atoms with Crippen molar-refractivity contribution in [2.24, 2.45) is 0 Å². The van der Waals surface area contributed by atoms with Crippen LogP contribution in [0.1, 0.15) is 31.8 Å². The van der Waals surface area contributed by atoms with Gasteiger partial charge in [-0.3, -0.25) is 9.59 Å². The van der Waals surface area contributed by atoms with E-state index in [4.69, 9.17) is 10.2 Å². The maximum atomic E-state index is 13.1. The maximum Gasteiger partial charge on any atom is 0.243 e. The Balaban J connectivity index is 1.64. The number of aliphatic hydroxyl groups excluding tert-OH is 2. The van der Waals surface area contributed by atoms with Crippen LogP contribution in [0.3, 0.4) is 0 Å². The summed E-state index contributed by atoms with van der Waals surface area (Å²) in [4.78, 5) is 26.0. The number of hydrogen-bond acceptors (Lipinski definition) is 7. The first-order valence-corrected chi connectivity index (χ1v) is 11.7. The van der Waals surface area contributed by atoms with Crippen LogP contribution in [-0.4, -0.2) is 60.8 Å². The Morgan fingerprint density at radius 2 is 1.30 bits per heavy atom. The Kier molecular flexibility index (Phi) is 6.39. The smallest absolute Gasteiger partial charge is 0.243 e. The van der Waals surface area contributed by atoms with Gasteiger partial charge in [0.15, 0.2) is 11.6 Å². The number of nitrogens with one attached hydrogen (secondary N) is 1. The molecule has 3 aromatic rings. The SMILES string of the molecule is O=C1c2ccccc2C(=O)c2c(Nc3ccc(S(=O)(=O)N(CCO)CCO)cc3)cccc21. The Hall–Kier alpha value is -3.37. The predicted molar refractivity (Wildman–Crippen MR) is 122 cm³/mol. The van der Waals surface area contributed by atoms with Gasteiger partial charge in [-0.05, 0) is 30.3 Å². The van der Waals surface area contributed by atoms with E-state index >= 15 is 0 Å². The number of sulfonamides is 1. The molecule has 4 rings (SSSR count). The van der Waals surface area contributed by atoms with Gasteiger partial charge in [-0.2, -0.15) is 4.31 Å². The van der Waals surface area contributed by atoms with Crippen molar-refractivity contribution in [1.82, 2.24) is 4.31 Å². The van der Waals surface area contributed by atoms with Crippen LogP contribution >= 0.6 is 0 Å². The molecule has 33 heavy (non-hydrogen) atoms. The zero-order valence-corrected chi connectivity index (χ0v) is 18.4. The van der Waals surface area contributed by atoms with Gasteiger partial charge in [0.2, 0.25) is 10.0 Å². The van der Waals surface area contributed by atoms with E-state index in [9.17, 15) is 18.0 Å². The zero-order chi connectivity index (χ0) is 23.6. The Morgan fingerprint density at radius 1 is 0.727 bits per heavy atom. The van der Waals surface area contributed by atoms with Gasteiger partial charge in [0.25, 0.3) is 0 Å². The highest BCUT2D eigenvalue weighted by atomic mass is 32.2. The standard InChI is InChI=1S/C24H22N2O6S/c27-14-12-26(13-15-28)33(31,32)17-10-8-16(9-11-17)25-21-7-3-6-20-22(21)24(30)19-5-2-1-4-18(19)23(20)29/h1-11,25,27-28H,12-15H2. The third-order valence-electron chi connectivity index (χ3n) is 5.42. The molecule has 0 radical (unpaired) electrons. The molecule has 1 aliphatic rings. The number of carbonyl (C=O) groups is 2. The van der Waals surface area contributed by atoms with Crippen molar-refractivity contribution in [1.29, 1.82) is 0 Å². The summed E-state index contributed by atoms with van der Waals surface area (Å²) in [6.07, 6.45) is 0. The lowest BCUT2D eigenvalue weighted by Gasteiger charge is -2.21. The lowest BCUT2D eigenvalue weighted by Crippen LogP contribution is -2.35. The van der Waals surface area contributed by atoms with Gasteiger partial charge in [0, 0.05) is 35.5 Å². The molecule has 0 unspecified atom stereocenters. The van der Waals surface area contributed by atoms with E-state index < -0.39 is 10.0 Å². The molecule has 3 N–H and O–H groups in total. The average Bonchev–Trinajstić information content (AvgIpc) is 2.82. The molecule has 0 aliphatic heterocycles. The van der Waals surface area contributed by atoms with Crippen LogP contribution in [0, 0.1) is 0 Å². The monoisotopic (exact) mass is 466 g/mol. The fourth-order valence-corrected chi connectivity index (χ4v) is 5.26. The summed E-state index contributed by atoms with van der Waals surface area (Å²) in [5.74, 6) is -0.482. The lowest BCUT2D eigenvalue weighted by atomic mass is 9.83. The number of ketones is 2. The molecule has 0 bridgehead atoms. The first-order valence-electron chi connectivity index (χ1n) is 10.3. The van der Waals surface area contributed by atoms with E-state index in [0.717, 1.165) is 4.31 Å². The van der Waals surface area contributed by atoms with E-state index in [1.54, 1.807) is 54.6 Å². The molecular formula is C24H22N2O6S. The summed E-state index contributed by atoms with van der Waals surface area (Å²) in [6.45, 7) is -0.991. The minimum atomic E-state index is -3.89.